The maximum atomic E-state index is 12.7. The minimum absolute atomic E-state index is 0.0366. The lowest BCUT2D eigenvalue weighted by atomic mass is 10.6. The lowest BCUT2D eigenvalue weighted by molar-refractivity contribution is 0.0512. The Morgan fingerprint density at radius 1 is 1.56 bits per heavy atom. The van der Waals surface area contributed by atoms with Crippen LogP contribution in [0.15, 0.2) is 17.3 Å². The lowest BCUT2D eigenvalue weighted by Gasteiger charge is -1.94. The Kier molecular flexibility index (Phi) is 2.95. The Balaban J connectivity index is 2.49. The van der Waals surface area contributed by atoms with Crippen molar-refractivity contribution in [2.45, 2.75) is 11.8 Å². The van der Waals surface area contributed by atoms with Gasteiger partial charge in [-0.1, -0.05) is 0 Å². The van der Waals surface area contributed by atoms with E-state index in [-0.39, 0.29) is 18.2 Å². The van der Waals surface area contributed by atoms with Gasteiger partial charge in [0.25, 0.3) is 11.6 Å². The number of halogens is 1. The number of carbonyl (C=O) groups excluding carboxylic acids is 1. The number of hydrogen-bond donors (Lipinski definition) is 0. The molecule has 2 rings (SSSR count). The molecule has 0 saturated carbocycles. The summed E-state index contributed by atoms with van der Waals surface area (Å²) < 4.78 is 39.6. The van der Waals surface area contributed by atoms with Crippen molar-refractivity contribution in [2.75, 3.05) is 6.61 Å². The second-order valence-corrected chi connectivity index (χ2v) is 4.48. The first-order chi connectivity index (χ1) is 8.41. The zero-order valence-electron chi connectivity index (χ0n) is 9.07. The van der Waals surface area contributed by atoms with E-state index in [2.05, 4.69) is 19.8 Å². The quantitative estimate of drug-likeness (QED) is 0.571. The first-order valence-electron chi connectivity index (χ1n) is 4.76. The van der Waals surface area contributed by atoms with Crippen LogP contribution in [0.25, 0.3) is 5.78 Å². The van der Waals surface area contributed by atoms with Gasteiger partial charge in [-0.3, -0.25) is 0 Å². The van der Waals surface area contributed by atoms with Crippen molar-refractivity contribution < 1.29 is 21.8 Å². The van der Waals surface area contributed by atoms with Crippen LogP contribution in [0.1, 0.15) is 17.5 Å². The molecule has 0 aliphatic carbocycles. The normalized spacial score (nSPS) is 11.7. The largest absolute Gasteiger partial charge is 0.460 e. The van der Waals surface area contributed by atoms with Gasteiger partial charge in [0.2, 0.25) is 0 Å². The van der Waals surface area contributed by atoms with E-state index >= 15 is 0 Å². The summed E-state index contributed by atoms with van der Waals surface area (Å²) in [5, 5.41) is 3.64. The van der Waals surface area contributed by atoms with Crippen LogP contribution in [0.4, 0.5) is 3.89 Å². The summed E-state index contributed by atoms with van der Waals surface area (Å²) in [6.45, 7) is 1.76. The molecule has 0 atom stereocenters. The van der Waals surface area contributed by atoms with Gasteiger partial charge in [0.1, 0.15) is 4.90 Å². The highest BCUT2D eigenvalue weighted by atomic mass is 32.3. The molecule has 0 amide bonds. The van der Waals surface area contributed by atoms with Crippen molar-refractivity contribution in [2.24, 2.45) is 0 Å². The molecule has 96 valence electrons. The first-order valence-corrected chi connectivity index (χ1v) is 6.14. The minimum Gasteiger partial charge on any atom is -0.460 e. The van der Waals surface area contributed by atoms with Gasteiger partial charge in [0.05, 0.1) is 19.0 Å². The predicted molar refractivity (Wildman–Crippen MR) is 55.0 cm³/mol. The highest BCUT2D eigenvalue weighted by Gasteiger charge is 2.18. The van der Waals surface area contributed by atoms with Gasteiger partial charge in [0.15, 0.2) is 0 Å². The molecule has 0 spiro atoms. The van der Waals surface area contributed by atoms with Gasteiger partial charge < -0.3 is 4.74 Å². The third kappa shape index (κ3) is 2.27. The molecule has 2 heterocycles. The summed E-state index contributed by atoms with van der Waals surface area (Å²) in [7, 11) is -4.88. The Morgan fingerprint density at radius 2 is 2.28 bits per heavy atom. The van der Waals surface area contributed by atoms with Crippen molar-refractivity contribution in [3.63, 3.8) is 0 Å². The average molecular weight is 274 g/mol. The molecule has 2 aromatic heterocycles. The molecule has 0 aliphatic heterocycles. The number of aromatic nitrogens is 4. The van der Waals surface area contributed by atoms with Crippen molar-refractivity contribution in [3.8, 4) is 0 Å². The monoisotopic (exact) mass is 274 g/mol. The van der Waals surface area contributed by atoms with Crippen molar-refractivity contribution in [3.05, 3.63) is 18.2 Å². The van der Waals surface area contributed by atoms with Crippen LogP contribution in [0.5, 0.6) is 0 Å². The molecule has 18 heavy (non-hydrogen) atoms. The zero-order chi connectivity index (χ0) is 13.3. The molecule has 0 radical (unpaired) electrons. The topological polar surface area (TPSA) is 104 Å². The van der Waals surface area contributed by atoms with Gasteiger partial charge in [-0.05, 0) is 6.92 Å². The molecule has 0 unspecified atom stereocenters. The van der Waals surface area contributed by atoms with Crippen LogP contribution in [-0.2, 0) is 15.0 Å². The number of esters is 1. The molecule has 0 N–H and O–H groups in total. The molecule has 0 bridgehead atoms. The summed E-state index contributed by atoms with van der Waals surface area (Å²) in [5.41, 5.74) is 0. The molecule has 0 fully saturated rings. The summed E-state index contributed by atoms with van der Waals surface area (Å²) >= 11 is 0. The highest BCUT2D eigenvalue weighted by molar-refractivity contribution is 7.86. The van der Waals surface area contributed by atoms with E-state index in [1.807, 2.05) is 0 Å². The van der Waals surface area contributed by atoms with Crippen LogP contribution in [0.3, 0.4) is 0 Å². The number of fused-ring (bicyclic) bond motifs is 1. The fraction of sp³-hybridized carbons (Fsp3) is 0.250. The number of hydrogen-bond acceptors (Lipinski definition) is 7. The molecule has 2 aromatic rings. The molecular formula is C8H7FN4O4S. The summed E-state index contributed by atoms with van der Waals surface area (Å²) in [5.74, 6) is -1.09. The molecule has 8 nitrogen and oxygen atoms in total. The van der Waals surface area contributed by atoms with Crippen LogP contribution in [-0.4, -0.2) is 40.6 Å². The van der Waals surface area contributed by atoms with Gasteiger partial charge >= 0.3 is 16.2 Å². The molecular weight excluding hydrogens is 267 g/mol. The van der Waals surface area contributed by atoms with Crippen LogP contribution >= 0.6 is 0 Å². The van der Waals surface area contributed by atoms with Crippen molar-refractivity contribution in [1.29, 1.82) is 0 Å². The summed E-state index contributed by atoms with van der Waals surface area (Å²) in [6.07, 6.45) is 1.65. The predicted octanol–water partition coefficient (Wildman–Crippen LogP) is -0.0408. The number of carbonyl (C=O) groups is 1. The maximum absolute atomic E-state index is 12.7. The van der Waals surface area contributed by atoms with Gasteiger partial charge in [-0.2, -0.15) is 13.4 Å². The van der Waals surface area contributed by atoms with Crippen LogP contribution in [0.2, 0.25) is 0 Å². The first kappa shape index (κ1) is 12.4. The Morgan fingerprint density at radius 3 is 2.89 bits per heavy atom. The van der Waals surface area contributed by atoms with E-state index in [0.29, 0.717) is 0 Å². The number of nitrogens with zero attached hydrogens (tertiary/aromatic N) is 4. The SMILES string of the molecule is CCOC(=O)c1nc2ncc(S(=O)(=O)F)cn2n1. The van der Waals surface area contributed by atoms with Gasteiger partial charge in [-0.25, -0.2) is 14.3 Å². The van der Waals surface area contributed by atoms with Crippen molar-refractivity contribution in [1.82, 2.24) is 19.6 Å². The third-order valence-corrected chi connectivity index (χ3v) is 2.68. The fourth-order valence-electron chi connectivity index (χ4n) is 1.17. The summed E-state index contributed by atoms with van der Waals surface area (Å²) in [6, 6.07) is 0. The Bertz CT molecular complexity index is 711. The summed E-state index contributed by atoms with van der Waals surface area (Å²) in [4.78, 5) is 17.9. The van der Waals surface area contributed by atoms with E-state index in [1.165, 1.54) is 0 Å². The molecule has 10 heteroatoms. The number of rotatable bonds is 3. The maximum Gasteiger partial charge on any atom is 0.378 e. The van der Waals surface area contributed by atoms with E-state index in [4.69, 9.17) is 0 Å². The average Bonchev–Trinajstić information content (AvgIpc) is 2.70. The Hall–Kier alpha value is -2.10. The highest BCUT2D eigenvalue weighted by Crippen LogP contribution is 2.10. The minimum atomic E-state index is -4.88. The van der Waals surface area contributed by atoms with E-state index in [9.17, 15) is 17.1 Å². The molecule has 0 aliphatic rings. The number of ether oxygens (including phenoxy) is 1. The van der Waals surface area contributed by atoms with Gasteiger partial charge in [-0.15, -0.1) is 8.98 Å². The van der Waals surface area contributed by atoms with E-state index in [1.54, 1.807) is 6.92 Å². The molecule has 0 saturated heterocycles. The van der Waals surface area contributed by atoms with E-state index < -0.39 is 21.1 Å². The van der Waals surface area contributed by atoms with Gasteiger partial charge in [0, 0.05) is 0 Å². The van der Waals surface area contributed by atoms with Crippen molar-refractivity contribution >= 4 is 22.0 Å². The molecule has 0 aromatic carbocycles. The third-order valence-electron chi connectivity index (χ3n) is 1.91. The second kappa shape index (κ2) is 4.29. The van der Waals surface area contributed by atoms with Crippen LogP contribution in [0, 0.1) is 0 Å². The van der Waals surface area contributed by atoms with Crippen LogP contribution < -0.4 is 0 Å². The van der Waals surface area contributed by atoms with E-state index in [0.717, 1.165) is 16.9 Å². The fourth-order valence-corrected chi connectivity index (χ4v) is 1.58. The standard InChI is InChI=1S/C8H7FN4O4S/c1-2-17-7(14)6-11-8-10-3-5(18(9,15)16)4-13(8)12-6/h3-4H,2H2,1H3. The lowest BCUT2D eigenvalue weighted by Crippen LogP contribution is -2.06. The second-order valence-electron chi connectivity index (χ2n) is 3.13. The zero-order valence-corrected chi connectivity index (χ0v) is 9.89. The smallest absolute Gasteiger partial charge is 0.378 e. The Labute approximate surface area is 101 Å².